The van der Waals surface area contributed by atoms with Crippen LogP contribution >= 0.6 is 11.6 Å². The minimum atomic E-state index is -0.897. The molecular weight excluding hydrogens is 415 g/mol. The molecule has 154 valence electrons. The number of ketones is 1. The van der Waals surface area contributed by atoms with E-state index in [1.54, 1.807) is 12.1 Å². The fourth-order valence-electron chi connectivity index (χ4n) is 2.74. The van der Waals surface area contributed by atoms with E-state index in [1.165, 1.54) is 44.2 Å². The van der Waals surface area contributed by atoms with Crippen LogP contribution in [0.1, 0.15) is 33.4 Å². The third-order valence-electron chi connectivity index (χ3n) is 4.13. The van der Waals surface area contributed by atoms with Crippen molar-refractivity contribution >= 4 is 34.9 Å². The van der Waals surface area contributed by atoms with Crippen LogP contribution < -0.4 is 5.32 Å². The van der Waals surface area contributed by atoms with Crippen molar-refractivity contribution < 1.29 is 28.0 Å². The lowest BCUT2D eigenvalue weighted by atomic mass is 10.1. The highest BCUT2D eigenvalue weighted by molar-refractivity contribution is 6.33. The van der Waals surface area contributed by atoms with Crippen LogP contribution in [-0.2, 0) is 9.53 Å². The number of hydrogen-bond acceptors (Lipinski definition) is 6. The zero-order valence-electron chi connectivity index (χ0n) is 16.0. The van der Waals surface area contributed by atoms with Crippen LogP contribution in [-0.4, -0.2) is 29.4 Å². The Morgan fingerprint density at radius 1 is 1.17 bits per heavy atom. The van der Waals surface area contributed by atoms with Gasteiger partial charge in [-0.3, -0.25) is 9.59 Å². The van der Waals surface area contributed by atoms with E-state index in [0.29, 0.717) is 5.69 Å². The number of aromatic nitrogens is 1. The van der Waals surface area contributed by atoms with E-state index in [9.17, 15) is 18.8 Å². The number of rotatable bonds is 6. The number of aryl methyl sites for hydroxylation is 1. The smallest absolute Gasteiger partial charge is 0.344 e. The number of esters is 1. The van der Waals surface area contributed by atoms with Gasteiger partial charge in [0.2, 0.25) is 5.91 Å². The predicted molar refractivity (Wildman–Crippen MR) is 107 cm³/mol. The van der Waals surface area contributed by atoms with Crippen molar-refractivity contribution in [1.29, 1.82) is 0 Å². The Bertz CT molecular complexity index is 1100. The summed E-state index contributed by atoms with van der Waals surface area (Å²) in [6.45, 7) is 2.28. The van der Waals surface area contributed by atoms with Gasteiger partial charge in [-0.05, 0) is 43.3 Å². The zero-order chi connectivity index (χ0) is 21.8. The Labute approximate surface area is 175 Å². The molecule has 1 heterocycles. The van der Waals surface area contributed by atoms with E-state index >= 15 is 0 Å². The molecule has 1 N–H and O–H groups in total. The molecule has 30 heavy (non-hydrogen) atoms. The molecule has 0 unspecified atom stereocenters. The van der Waals surface area contributed by atoms with Gasteiger partial charge in [0.1, 0.15) is 22.8 Å². The second-order valence-electron chi connectivity index (χ2n) is 6.32. The van der Waals surface area contributed by atoms with Crippen molar-refractivity contribution in [3.63, 3.8) is 0 Å². The monoisotopic (exact) mass is 430 g/mol. The summed E-state index contributed by atoms with van der Waals surface area (Å²) in [5.41, 5.74) is 0.505. The molecule has 3 rings (SSSR count). The second kappa shape index (κ2) is 8.87. The van der Waals surface area contributed by atoms with Gasteiger partial charge >= 0.3 is 5.97 Å². The third-order valence-corrected chi connectivity index (χ3v) is 4.44. The van der Waals surface area contributed by atoms with Crippen LogP contribution in [0.15, 0.2) is 47.0 Å². The Balaban J connectivity index is 1.75. The standard InChI is InChI=1S/C21H16ClFN2O5/c1-11-18(20(25-30-11)19-15(22)4-3-5-16(19)23)21(28)29-10-17(27)13-6-8-14(9-7-13)24-12(2)26/h3-9H,10H2,1-2H3,(H,24,26). The van der Waals surface area contributed by atoms with Gasteiger partial charge in [0.15, 0.2) is 12.4 Å². The van der Waals surface area contributed by atoms with Crippen molar-refractivity contribution in [2.24, 2.45) is 0 Å². The first kappa shape index (κ1) is 21.2. The quantitative estimate of drug-likeness (QED) is 0.458. The van der Waals surface area contributed by atoms with Gasteiger partial charge in [0, 0.05) is 18.2 Å². The summed E-state index contributed by atoms with van der Waals surface area (Å²) >= 11 is 6.05. The maximum absolute atomic E-state index is 14.2. The average molecular weight is 431 g/mol. The van der Waals surface area contributed by atoms with Gasteiger partial charge in [-0.25, -0.2) is 9.18 Å². The van der Waals surface area contributed by atoms with Crippen LogP contribution in [0.3, 0.4) is 0 Å². The number of hydrogen-bond donors (Lipinski definition) is 1. The molecular formula is C21H16ClFN2O5. The normalized spacial score (nSPS) is 10.5. The van der Waals surface area contributed by atoms with E-state index in [2.05, 4.69) is 10.5 Å². The van der Waals surface area contributed by atoms with Crippen LogP contribution in [0.5, 0.6) is 0 Å². The van der Waals surface area contributed by atoms with Gasteiger partial charge < -0.3 is 14.6 Å². The number of halogens is 2. The SMILES string of the molecule is CC(=O)Nc1ccc(C(=O)COC(=O)c2c(-c3c(F)cccc3Cl)noc2C)cc1. The summed E-state index contributed by atoms with van der Waals surface area (Å²) in [4.78, 5) is 35.9. The fraction of sp³-hybridized carbons (Fsp3) is 0.143. The second-order valence-corrected chi connectivity index (χ2v) is 6.72. The summed E-state index contributed by atoms with van der Waals surface area (Å²) in [5, 5.41) is 6.36. The van der Waals surface area contributed by atoms with Crippen molar-refractivity contribution in [2.75, 3.05) is 11.9 Å². The molecule has 1 amide bonds. The lowest BCUT2D eigenvalue weighted by molar-refractivity contribution is -0.114. The molecule has 0 spiro atoms. The van der Waals surface area contributed by atoms with Gasteiger partial charge in [-0.2, -0.15) is 0 Å². The lowest BCUT2D eigenvalue weighted by Gasteiger charge is -2.07. The first-order chi connectivity index (χ1) is 14.3. The fourth-order valence-corrected chi connectivity index (χ4v) is 2.99. The summed E-state index contributed by atoms with van der Waals surface area (Å²) in [5.74, 6) is -2.18. The molecule has 7 nitrogen and oxygen atoms in total. The number of carbonyl (C=O) groups excluding carboxylic acids is 3. The minimum absolute atomic E-state index is 0.0488. The van der Waals surface area contributed by atoms with Crippen LogP contribution in [0.2, 0.25) is 5.02 Å². The number of amides is 1. The zero-order valence-corrected chi connectivity index (χ0v) is 16.7. The summed E-state index contributed by atoms with van der Waals surface area (Å²) in [7, 11) is 0. The molecule has 0 aliphatic rings. The largest absolute Gasteiger partial charge is 0.454 e. The van der Waals surface area contributed by atoms with E-state index in [0.717, 1.165) is 0 Å². The summed E-state index contributed by atoms with van der Waals surface area (Å²) in [6, 6.07) is 10.1. The molecule has 0 aliphatic heterocycles. The Hall–Kier alpha value is -3.52. The molecule has 0 saturated carbocycles. The predicted octanol–water partition coefficient (Wildman–Crippen LogP) is 4.44. The van der Waals surface area contributed by atoms with Gasteiger partial charge in [0.25, 0.3) is 0 Å². The van der Waals surface area contributed by atoms with Gasteiger partial charge in [-0.1, -0.05) is 22.8 Å². The molecule has 0 bridgehead atoms. The number of carbonyl (C=O) groups is 3. The molecule has 1 aromatic heterocycles. The molecule has 2 aromatic carbocycles. The number of benzene rings is 2. The number of nitrogens with one attached hydrogen (secondary N) is 1. The first-order valence-corrected chi connectivity index (χ1v) is 9.14. The van der Waals surface area contributed by atoms with E-state index in [1.807, 2.05) is 0 Å². The number of nitrogens with zero attached hydrogens (tertiary/aromatic N) is 1. The molecule has 0 atom stereocenters. The van der Waals surface area contributed by atoms with E-state index in [4.69, 9.17) is 20.9 Å². The maximum atomic E-state index is 14.2. The molecule has 9 heteroatoms. The van der Waals surface area contributed by atoms with Crippen molar-refractivity contribution in [3.05, 3.63) is 70.2 Å². The highest BCUT2D eigenvalue weighted by Gasteiger charge is 2.27. The molecule has 3 aromatic rings. The Morgan fingerprint density at radius 3 is 2.50 bits per heavy atom. The maximum Gasteiger partial charge on any atom is 0.344 e. The molecule has 0 fully saturated rings. The lowest BCUT2D eigenvalue weighted by Crippen LogP contribution is -2.15. The number of ether oxygens (including phenoxy) is 1. The summed E-state index contributed by atoms with van der Waals surface area (Å²) in [6.07, 6.45) is 0. The van der Waals surface area contributed by atoms with Crippen molar-refractivity contribution in [2.45, 2.75) is 13.8 Å². The minimum Gasteiger partial charge on any atom is -0.454 e. The van der Waals surface area contributed by atoms with Crippen LogP contribution in [0.25, 0.3) is 11.3 Å². The Morgan fingerprint density at radius 2 is 1.87 bits per heavy atom. The topological polar surface area (TPSA) is 98.5 Å². The summed E-state index contributed by atoms with van der Waals surface area (Å²) < 4.78 is 24.4. The number of anilines is 1. The van der Waals surface area contributed by atoms with Gasteiger partial charge in [0.05, 0.1) is 10.6 Å². The van der Waals surface area contributed by atoms with Crippen LogP contribution in [0, 0.1) is 12.7 Å². The third kappa shape index (κ3) is 4.55. The van der Waals surface area contributed by atoms with Crippen molar-refractivity contribution in [3.8, 4) is 11.3 Å². The Kier molecular flexibility index (Phi) is 6.27. The first-order valence-electron chi connectivity index (χ1n) is 8.76. The van der Waals surface area contributed by atoms with Gasteiger partial charge in [-0.15, -0.1) is 0 Å². The number of Topliss-reactive ketones (excluding diaryl/α,β-unsaturated/α-hetero) is 1. The average Bonchev–Trinajstić information content (AvgIpc) is 3.07. The molecule has 0 saturated heterocycles. The van der Waals surface area contributed by atoms with Crippen molar-refractivity contribution in [1.82, 2.24) is 5.16 Å². The van der Waals surface area contributed by atoms with Crippen LogP contribution in [0.4, 0.5) is 10.1 Å². The molecule has 0 radical (unpaired) electrons. The highest BCUT2D eigenvalue weighted by Crippen LogP contribution is 2.33. The molecule has 0 aliphatic carbocycles. The highest BCUT2D eigenvalue weighted by atomic mass is 35.5. The van der Waals surface area contributed by atoms with E-state index < -0.39 is 24.2 Å². The van der Waals surface area contributed by atoms with E-state index in [-0.39, 0.29) is 39.1 Å².